The van der Waals surface area contributed by atoms with Crippen LogP contribution < -0.4 is 4.74 Å². The van der Waals surface area contributed by atoms with Crippen molar-refractivity contribution in [1.29, 1.82) is 0 Å². The Morgan fingerprint density at radius 2 is 1.82 bits per heavy atom. The van der Waals surface area contributed by atoms with Gasteiger partial charge in [-0.2, -0.15) is 0 Å². The highest BCUT2D eigenvalue weighted by Gasteiger charge is 2.13. The first kappa shape index (κ1) is 20.4. The summed E-state index contributed by atoms with van der Waals surface area (Å²) in [5, 5.41) is 9.68. The Balaban J connectivity index is 1.54. The lowest BCUT2D eigenvalue weighted by Gasteiger charge is -2.07. The fraction of sp³-hybridized carbons (Fsp3) is 0.286. The fourth-order valence-electron chi connectivity index (χ4n) is 2.63. The van der Waals surface area contributed by atoms with E-state index in [1.807, 2.05) is 35.9 Å². The Morgan fingerprint density at radius 1 is 1.11 bits per heavy atom. The molecular formula is C21H22ClN3O2S. The molecule has 0 aliphatic rings. The molecule has 2 aromatic carbocycles. The van der Waals surface area contributed by atoms with E-state index in [0.717, 1.165) is 18.4 Å². The first-order chi connectivity index (χ1) is 13.6. The van der Waals surface area contributed by atoms with Gasteiger partial charge in [0.05, 0.1) is 5.75 Å². The average molecular weight is 416 g/mol. The number of carbonyl (C=O) groups excluding carboxylic acids is 1. The van der Waals surface area contributed by atoms with Crippen molar-refractivity contribution in [3.05, 3.63) is 70.5 Å². The number of ether oxygens (including phenoxy) is 1. The second kappa shape index (κ2) is 9.75. The van der Waals surface area contributed by atoms with Crippen LogP contribution in [-0.2, 0) is 20.1 Å². The van der Waals surface area contributed by atoms with E-state index >= 15 is 0 Å². The molecule has 28 heavy (non-hydrogen) atoms. The molecule has 0 saturated carbocycles. The summed E-state index contributed by atoms with van der Waals surface area (Å²) in [6.07, 6.45) is 2.13. The number of aromatic nitrogens is 3. The van der Waals surface area contributed by atoms with Gasteiger partial charge in [0.15, 0.2) is 16.8 Å². The fourth-order valence-corrected chi connectivity index (χ4v) is 3.58. The van der Waals surface area contributed by atoms with Gasteiger partial charge in [-0.25, -0.2) is 0 Å². The van der Waals surface area contributed by atoms with Crippen LogP contribution in [0, 0.1) is 0 Å². The molecule has 0 amide bonds. The zero-order chi connectivity index (χ0) is 19.9. The summed E-state index contributed by atoms with van der Waals surface area (Å²) in [5.41, 5.74) is 1.98. The predicted molar refractivity (Wildman–Crippen MR) is 112 cm³/mol. The van der Waals surface area contributed by atoms with E-state index in [4.69, 9.17) is 16.3 Å². The number of nitrogens with zero attached hydrogens (tertiary/aromatic N) is 3. The first-order valence-electron chi connectivity index (χ1n) is 9.08. The van der Waals surface area contributed by atoms with E-state index in [9.17, 15) is 4.79 Å². The number of thioether (sulfide) groups is 1. The zero-order valence-corrected chi connectivity index (χ0v) is 17.5. The minimum Gasteiger partial charge on any atom is -0.486 e. The van der Waals surface area contributed by atoms with Gasteiger partial charge in [-0.1, -0.05) is 61.0 Å². The van der Waals surface area contributed by atoms with Gasteiger partial charge in [0.1, 0.15) is 12.4 Å². The first-order valence-corrected chi connectivity index (χ1v) is 10.4. The maximum absolute atomic E-state index is 12.4. The number of Topliss-reactive ketones (excluding diaryl/α,β-unsaturated/α-hetero) is 1. The predicted octanol–water partition coefficient (Wildman–Crippen LogP) is 4.98. The van der Waals surface area contributed by atoms with Crippen LogP contribution in [0.15, 0.2) is 53.7 Å². The Morgan fingerprint density at radius 3 is 2.50 bits per heavy atom. The molecule has 146 valence electrons. The van der Waals surface area contributed by atoms with Crippen LogP contribution in [0.2, 0.25) is 5.02 Å². The van der Waals surface area contributed by atoms with Crippen molar-refractivity contribution in [1.82, 2.24) is 14.8 Å². The summed E-state index contributed by atoms with van der Waals surface area (Å²) in [4.78, 5) is 12.4. The van der Waals surface area contributed by atoms with Crippen LogP contribution in [0.4, 0.5) is 0 Å². The number of hydrogen-bond donors (Lipinski definition) is 0. The van der Waals surface area contributed by atoms with Crippen LogP contribution in [0.25, 0.3) is 0 Å². The number of ketones is 1. The summed E-state index contributed by atoms with van der Waals surface area (Å²) in [5.74, 6) is 1.80. The molecule has 5 nitrogen and oxygen atoms in total. The number of hydrogen-bond acceptors (Lipinski definition) is 5. The Bertz CT molecular complexity index is 924. The lowest BCUT2D eigenvalue weighted by molar-refractivity contribution is 0.102. The van der Waals surface area contributed by atoms with Crippen molar-refractivity contribution >= 4 is 29.1 Å². The zero-order valence-electron chi connectivity index (χ0n) is 15.9. The Hall–Kier alpha value is -2.31. The van der Waals surface area contributed by atoms with E-state index in [0.29, 0.717) is 34.1 Å². The van der Waals surface area contributed by atoms with E-state index in [-0.39, 0.29) is 5.78 Å². The minimum atomic E-state index is 0.0787. The van der Waals surface area contributed by atoms with Crippen LogP contribution in [-0.4, -0.2) is 26.3 Å². The summed E-state index contributed by atoms with van der Waals surface area (Å²) < 4.78 is 7.55. The van der Waals surface area contributed by atoms with Gasteiger partial charge in [0.2, 0.25) is 0 Å². The maximum Gasteiger partial charge on any atom is 0.191 e. The van der Waals surface area contributed by atoms with Crippen molar-refractivity contribution < 1.29 is 9.53 Å². The molecular weight excluding hydrogens is 394 g/mol. The van der Waals surface area contributed by atoms with Crippen molar-refractivity contribution in [3.63, 3.8) is 0 Å². The third kappa shape index (κ3) is 5.36. The van der Waals surface area contributed by atoms with Gasteiger partial charge < -0.3 is 9.30 Å². The normalized spacial score (nSPS) is 10.8. The smallest absolute Gasteiger partial charge is 0.191 e. The average Bonchev–Trinajstić information content (AvgIpc) is 3.06. The summed E-state index contributed by atoms with van der Waals surface area (Å²) in [6.45, 7) is 2.43. The molecule has 0 spiro atoms. The van der Waals surface area contributed by atoms with E-state index < -0.39 is 0 Å². The van der Waals surface area contributed by atoms with Crippen molar-refractivity contribution in [2.75, 3.05) is 5.75 Å². The van der Waals surface area contributed by atoms with Crippen LogP contribution in [0.5, 0.6) is 5.75 Å². The highest BCUT2D eigenvalue weighted by atomic mass is 35.5. The van der Waals surface area contributed by atoms with Gasteiger partial charge in [-0.3, -0.25) is 4.79 Å². The number of halogens is 1. The molecule has 0 fully saturated rings. The standard InChI is InChI=1S/C21H22ClN3O2S/c1-3-4-15-5-7-16(8-6-15)19(26)14-28-21-24-23-20(25(21)2)13-27-18-11-9-17(22)10-12-18/h5-12H,3-4,13-14H2,1-2H3. The van der Waals surface area contributed by atoms with Gasteiger partial charge in [-0.05, 0) is 36.2 Å². The van der Waals surface area contributed by atoms with Crippen LogP contribution in [0.1, 0.15) is 35.1 Å². The van der Waals surface area contributed by atoms with Crippen molar-refractivity contribution in [3.8, 4) is 5.75 Å². The molecule has 0 unspecified atom stereocenters. The molecule has 0 saturated heterocycles. The molecule has 0 N–H and O–H groups in total. The molecule has 1 aromatic heterocycles. The monoisotopic (exact) mass is 415 g/mol. The lowest BCUT2D eigenvalue weighted by Crippen LogP contribution is -2.06. The maximum atomic E-state index is 12.4. The van der Waals surface area contributed by atoms with Gasteiger partial charge in [0, 0.05) is 17.6 Å². The van der Waals surface area contributed by atoms with Crippen LogP contribution >= 0.6 is 23.4 Å². The number of benzene rings is 2. The van der Waals surface area contributed by atoms with E-state index in [1.54, 1.807) is 24.3 Å². The summed E-state index contributed by atoms with van der Waals surface area (Å²) >= 11 is 7.25. The van der Waals surface area contributed by atoms with Gasteiger partial charge >= 0.3 is 0 Å². The van der Waals surface area contributed by atoms with Crippen molar-refractivity contribution in [2.24, 2.45) is 7.05 Å². The van der Waals surface area contributed by atoms with Crippen LogP contribution in [0.3, 0.4) is 0 Å². The second-order valence-electron chi connectivity index (χ2n) is 6.36. The lowest BCUT2D eigenvalue weighted by atomic mass is 10.1. The third-order valence-corrected chi connectivity index (χ3v) is 5.53. The van der Waals surface area contributed by atoms with Gasteiger partial charge in [-0.15, -0.1) is 10.2 Å². The molecule has 0 aliphatic carbocycles. The van der Waals surface area contributed by atoms with Crippen molar-refractivity contribution in [2.45, 2.75) is 31.5 Å². The molecule has 1 heterocycles. The Kier molecular flexibility index (Phi) is 7.12. The molecule has 7 heteroatoms. The minimum absolute atomic E-state index is 0.0787. The molecule has 0 bridgehead atoms. The molecule has 3 aromatic rings. The SMILES string of the molecule is CCCc1ccc(C(=O)CSc2nnc(COc3ccc(Cl)cc3)n2C)cc1. The highest BCUT2D eigenvalue weighted by Crippen LogP contribution is 2.20. The molecule has 0 aliphatic heterocycles. The van der Waals surface area contributed by atoms with E-state index in [1.165, 1.54) is 17.3 Å². The molecule has 0 atom stereocenters. The van der Waals surface area contributed by atoms with Gasteiger partial charge in [0.25, 0.3) is 0 Å². The third-order valence-electron chi connectivity index (χ3n) is 4.25. The number of aryl methyl sites for hydroxylation is 1. The number of carbonyl (C=O) groups is 1. The topological polar surface area (TPSA) is 57.0 Å². The molecule has 0 radical (unpaired) electrons. The highest BCUT2D eigenvalue weighted by molar-refractivity contribution is 7.99. The Labute approximate surface area is 174 Å². The number of rotatable bonds is 9. The summed E-state index contributed by atoms with van der Waals surface area (Å²) in [6, 6.07) is 15.0. The molecule has 3 rings (SSSR count). The second-order valence-corrected chi connectivity index (χ2v) is 7.74. The summed E-state index contributed by atoms with van der Waals surface area (Å²) in [7, 11) is 1.87. The van der Waals surface area contributed by atoms with E-state index in [2.05, 4.69) is 17.1 Å². The quantitative estimate of drug-likeness (QED) is 0.364. The largest absolute Gasteiger partial charge is 0.486 e.